The van der Waals surface area contributed by atoms with Gasteiger partial charge < -0.3 is 15.0 Å². The van der Waals surface area contributed by atoms with Crippen molar-refractivity contribution in [3.8, 4) is 5.75 Å². The maximum atomic E-state index is 9.37. The molecule has 15 heavy (non-hydrogen) atoms. The van der Waals surface area contributed by atoms with Gasteiger partial charge in [0.25, 0.3) is 0 Å². The molecular weight excluding hydrogens is 203 g/mol. The average Bonchev–Trinajstić information content (AvgIpc) is 2.20. The Bertz CT molecular complexity index is 424. The van der Waals surface area contributed by atoms with Crippen molar-refractivity contribution < 1.29 is 44.6 Å². The molecule has 72 valence electrons. The summed E-state index contributed by atoms with van der Waals surface area (Å²) >= 11 is 0. The fraction of sp³-hybridized carbons (Fsp3) is 0. The van der Waals surface area contributed by atoms with E-state index in [9.17, 15) is 5.11 Å². The summed E-state index contributed by atoms with van der Waals surface area (Å²) in [4.78, 5) is 8.25. The summed E-state index contributed by atoms with van der Waals surface area (Å²) in [6, 6.07) is 13.3. The number of rotatable bonds is 0. The number of phenols is 1. The minimum atomic E-state index is -0.500. The van der Waals surface area contributed by atoms with Crippen LogP contribution in [0.2, 0.25) is 0 Å². The zero-order chi connectivity index (χ0) is 10.4. The smallest absolute Gasteiger partial charge is 0.554 e. The van der Waals surface area contributed by atoms with Crippen LogP contribution < -0.4 is 34.7 Å². The first-order valence-corrected chi connectivity index (χ1v) is 4.02. The molecule has 0 unspecified atom stereocenters. The summed E-state index contributed by atoms with van der Waals surface area (Å²) in [5.74, 6) is 0.350. The molecule has 0 radical (unpaired) electrons. The Labute approximate surface area is 110 Å². The third kappa shape index (κ3) is 3.91. The third-order valence-corrected chi connectivity index (χ3v) is 1.77. The van der Waals surface area contributed by atoms with Crippen LogP contribution in [0.25, 0.3) is 10.8 Å². The van der Waals surface area contributed by atoms with Gasteiger partial charge in [-0.15, -0.1) is 0 Å². The van der Waals surface area contributed by atoms with Gasteiger partial charge in [-0.1, -0.05) is 36.4 Å². The number of carbonyl (C=O) groups excluding carboxylic acids is 1. The van der Waals surface area contributed by atoms with E-state index < -0.39 is 6.47 Å². The fourth-order valence-electron chi connectivity index (χ4n) is 1.21. The predicted molar refractivity (Wildman–Crippen MR) is 51.7 cm³/mol. The van der Waals surface area contributed by atoms with E-state index in [0.717, 1.165) is 10.8 Å². The Kier molecular flexibility index (Phi) is 6.79. The molecule has 2 rings (SSSR count). The van der Waals surface area contributed by atoms with E-state index in [1.807, 2.05) is 36.4 Å². The summed E-state index contributed by atoms with van der Waals surface area (Å²) in [5.41, 5.74) is 0. The van der Waals surface area contributed by atoms with Crippen molar-refractivity contribution >= 4 is 17.2 Å². The minimum absolute atomic E-state index is 0. The first-order chi connectivity index (χ1) is 6.79. The molecular formula is C11H9NaO3. The third-order valence-electron chi connectivity index (χ3n) is 1.77. The molecule has 2 aromatic rings. The van der Waals surface area contributed by atoms with Crippen LogP contribution in [-0.4, -0.2) is 11.6 Å². The van der Waals surface area contributed by atoms with Crippen molar-refractivity contribution in [3.05, 3.63) is 42.5 Å². The SMILES string of the molecule is O=C[O-].Oc1cccc2ccccc12.[Na+]. The standard InChI is InChI=1S/C10H8O.CH2O2.Na/c11-10-7-3-5-8-4-1-2-6-9(8)10;2-1-3;/h1-7,11H;1H,(H,2,3);/q;;+1/p-1. The first-order valence-electron chi connectivity index (χ1n) is 4.02. The topological polar surface area (TPSA) is 60.4 Å². The summed E-state index contributed by atoms with van der Waals surface area (Å²) in [5, 5.41) is 19.6. The maximum Gasteiger partial charge on any atom is 1.00 e. The van der Waals surface area contributed by atoms with Crippen LogP contribution in [0.15, 0.2) is 42.5 Å². The first kappa shape index (κ1) is 14.0. The van der Waals surface area contributed by atoms with Gasteiger partial charge in [0.2, 0.25) is 0 Å². The number of hydrogen-bond acceptors (Lipinski definition) is 3. The maximum absolute atomic E-state index is 9.37. The monoisotopic (exact) mass is 212 g/mol. The average molecular weight is 212 g/mol. The van der Waals surface area contributed by atoms with E-state index in [1.54, 1.807) is 6.07 Å². The van der Waals surface area contributed by atoms with Crippen molar-refractivity contribution in [2.24, 2.45) is 0 Å². The molecule has 3 nitrogen and oxygen atoms in total. The number of phenolic OH excluding ortho intramolecular Hbond substituents is 1. The second-order valence-electron chi connectivity index (χ2n) is 2.59. The molecule has 0 saturated heterocycles. The molecule has 1 N–H and O–H groups in total. The Morgan fingerprint density at radius 2 is 1.60 bits per heavy atom. The van der Waals surface area contributed by atoms with E-state index in [2.05, 4.69) is 0 Å². The van der Waals surface area contributed by atoms with Crippen molar-refractivity contribution in [3.63, 3.8) is 0 Å². The molecule has 0 bridgehead atoms. The fourth-order valence-corrected chi connectivity index (χ4v) is 1.21. The van der Waals surface area contributed by atoms with Crippen LogP contribution in [-0.2, 0) is 4.79 Å². The second-order valence-corrected chi connectivity index (χ2v) is 2.59. The Balaban J connectivity index is 0.000000443. The second kappa shape index (κ2) is 7.29. The van der Waals surface area contributed by atoms with E-state index in [1.165, 1.54) is 0 Å². The van der Waals surface area contributed by atoms with Crippen LogP contribution in [0.5, 0.6) is 5.75 Å². The van der Waals surface area contributed by atoms with Crippen molar-refractivity contribution in [1.82, 2.24) is 0 Å². The molecule has 0 atom stereocenters. The number of benzene rings is 2. The summed E-state index contributed by atoms with van der Waals surface area (Å²) in [6.07, 6.45) is 0. The van der Waals surface area contributed by atoms with E-state index in [-0.39, 0.29) is 29.6 Å². The van der Waals surface area contributed by atoms with Crippen LogP contribution >= 0.6 is 0 Å². The summed E-state index contributed by atoms with van der Waals surface area (Å²) in [7, 11) is 0. The van der Waals surface area contributed by atoms with E-state index in [0.29, 0.717) is 5.75 Å². The van der Waals surface area contributed by atoms with Crippen molar-refractivity contribution in [1.29, 1.82) is 0 Å². The molecule has 0 fully saturated rings. The zero-order valence-corrected chi connectivity index (χ0v) is 10.4. The van der Waals surface area contributed by atoms with Gasteiger partial charge in [-0.25, -0.2) is 0 Å². The Hall–Kier alpha value is -1.03. The molecule has 0 spiro atoms. The van der Waals surface area contributed by atoms with Gasteiger partial charge in [0.05, 0.1) is 0 Å². The summed E-state index contributed by atoms with van der Waals surface area (Å²) in [6.45, 7) is -0.500. The number of fused-ring (bicyclic) bond motifs is 1. The molecule has 2 aromatic carbocycles. The molecule has 4 heteroatoms. The largest absolute Gasteiger partial charge is 1.00 e. The van der Waals surface area contributed by atoms with Gasteiger partial charge in [-0.05, 0) is 11.5 Å². The van der Waals surface area contributed by atoms with Crippen LogP contribution in [0, 0.1) is 0 Å². The van der Waals surface area contributed by atoms with Gasteiger partial charge in [0.1, 0.15) is 5.75 Å². The van der Waals surface area contributed by atoms with Gasteiger partial charge in [0.15, 0.2) is 0 Å². The Morgan fingerprint density at radius 3 is 2.20 bits per heavy atom. The zero-order valence-electron chi connectivity index (χ0n) is 8.38. The van der Waals surface area contributed by atoms with Gasteiger partial charge >= 0.3 is 29.6 Å². The van der Waals surface area contributed by atoms with Crippen LogP contribution in [0.4, 0.5) is 0 Å². The number of aromatic hydroxyl groups is 1. The van der Waals surface area contributed by atoms with Crippen LogP contribution in [0.1, 0.15) is 0 Å². The molecule has 0 heterocycles. The van der Waals surface area contributed by atoms with Gasteiger partial charge in [0, 0.05) is 11.9 Å². The van der Waals surface area contributed by atoms with E-state index >= 15 is 0 Å². The quantitative estimate of drug-likeness (QED) is 0.402. The molecule has 0 aromatic heterocycles. The molecule has 0 aliphatic heterocycles. The predicted octanol–water partition coefficient (Wildman–Crippen LogP) is -2.08. The molecule has 0 saturated carbocycles. The van der Waals surface area contributed by atoms with Crippen molar-refractivity contribution in [2.45, 2.75) is 0 Å². The normalized spacial score (nSPS) is 8.27. The Morgan fingerprint density at radius 1 is 1.07 bits per heavy atom. The van der Waals surface area contributed by atoms with Gasteiger partial charge in [-0.3, -0.25) is 0 Å². The number of carbonyl (C=O) groups is 1. The van der Waals surface area contributed by atoms with Gasteiger partial charge in [-0.2, -0.15) is 0 Å². The minimum Gasteiger partial charge on any atom is -0.554 e. The van der Waals surface area contributed by atoms with E-state index in [4.69, 9.17) is 9.90 Å². The number of hydrogen-bond donors (Lipinski definition) is 1. The van der Waals surface area contributed by atoms with Crippen molar-refractivity contribution in [2.75, 3.05) is 0 Å². The molecule has 0 amide bonds. The molecule has 0 aliphatic carbocycles. The van der Waals surface area contributed by atoms with Crippen LogP contribution in [0.3, 0.4) is 0 Å². The summed E-state index contributed by atoms with van der Waals surface area (Å²) < 4.78 is 0. The number of carboxylic acid groups (broad SMARTS) is 1. The molecule has 0 aliphatic rings.